The van der Waals surface area contributed by atoms with E-state index >= 15 is 0 Å². The third-order valence-electron chi connectivity index (χ3n) is 2.52. The van der Waals surface area contributed by atoms with Gasteiger partial charge in [0.25, 0.3) is 0 Å². The fourth-order valence-electron chi connectivity index (χ4n) is 1.63. The summed E-state index contributed by atoms with van der Waals surface area (Å²) in [6.07, 6.45) is 0. The maximum atomic E-state index is 11.5. The lowest BCUT2D eigenvalue weighted by atomic mass is 10.2. The lowest BCUT2D eigenvalue weighted by Crippen LogP contribution is -2.24. The van der Waals surface area contributed by atoms with E-state index in [0.717, 1.165) is 20.9 Å². The number of likely N-dealkylation sites (N-methyl/N-ethyl adjacent to an activating group) is 1. The van der Waals surface area contributed by atoms with E-state index in [0.29, 0.717) is 12.5 Å². The number of nitrogens with one attached hydrogen (secondary N) is 2. The molecule has 1 amide bonds. The van der Waals surface area contributed by atoms with E-state index < -0.39 is 0 Å². The molecule has 0 spiro atoms. The molecule has 2 N–H and O–H groups in total. The molecule has 4 nitrogen and oxygen atoms in total. The molecular formula is C13H18ClN3OS. The summed E-state index contributed by atoms with van der Waals surface area (Å²) in [6, 6.07) is 5.82. The molecule has 1 aromatic carbocycles. The molecule has 0 aliphatic heterocycles. The third kappa shape index (κ3) is 3.89. The number of rotatable bonds is 4. The number of nitrogens with zero attached hydrogens (tertiary/aromatic N) is 1. The number of thiazole rings is 1. The van der Waals surface area contributed by atoms with Gasteiger partial charge in [0.05, 0.1) is 21.8 Å². The van der Waals surface area contributed by atoms with Crippen LogP contribution in [-0.4, -0.2) is 24.5 Å². The van der Waals surface area contributed by atoms with Crippen LogP contribution >= 0.6 is 23.7 Å². The van der Waals surface area contributed by atoms with E-state index in [1.165, 1.54) is 0 Å². The number of fused-ring (bicyclic) bond motifs is 1. The highest BCUT2D eigenvalue weighted by Gasteiger charge is 2.08. The zero-order valence-electron chi connectivity index (χ0n) is 11.2. The van der Waals surface area contributed by atoms with E-state index in [1.807, 2.05) is 18.2 Å². The largest absolute Gasteiger partial charge is 0.325 e. The third-order valence-corrected chi connectivity index (χ3v) is 3.84. The molecule has 0 bridgehead atoms. The van der Waals surface area contributed by atoms with Gasteiger partial charge in [-0.2, -0.15) is 0 Å². The van der Waals surface area contributed by atoms with Crippen LogP contribution in [0, 0.1) is 0 Å². The summed E-state index contributed by atoms with van der Waals surface area (Å²) >= 11 is 1.68. The number of carbonyl (C=O) groups excluding carboxylic acids is 1. The van der Waals surface area contributed by atoms with E-state index in [-0.39, 0.29) is 18.3 Å². The van der Waals surface area contributed by atoms with Crippen molar-refractivity contribution in [2.45, 2.75) is 19.8 Å². The van der Waals surface area contributed by atoms with Crippen LogP contribution in [0.15, 0.2) is 18.2 Å². The smallest absolute Gasteiger partial charge is 0.238 e. The van der Waals surface area contributed by atoms with Crippen LogP contribution in [0.3, 0.4) is 0 Å². The lowest BCUT2D eigenvalue weighted by molar-refractivity contribution is -0.115. The average molecular weight is 300 g/mol. The van der Waals surface area contributed by atoms with Gasteiger partial charge in [-0.15, -0.1) is 23.7 Å². The fraction of sp³-hybridized carbons (Fsp3) is 0.385. The first-order valence-corrected chi connectivity index (χ1v) is 6.76. The van der Waals surface area contributed by atoms with E-state index in [2.05, 4.69) is 29.5 Å². The predicted molar refractivity (Wildman–Crippen MR) is 83.5 cm³/mol. The Morgan fingerprint density at radius 2 is 2.16 bits per heavy atom. The molecule has 104 valence electrons. The van der Waals surface area contributed by atoms with Gasteiger partial charge in [-0.05, 0) is 25.2 Å². The van der Waals surface area contributed by atoms with Crippen LogP contribution in [-0.2, 0) is 4.79 Å². The topological polar surface area (TPSA) is 54.0 Å². The molecule has 0 unspecified atom stereocenters. The zero-order valence-corrected chi connectivity index (χ0v) is 12.8. The second kappa shape index (κ2) is 6.84. The van der Waals surface area contributed by atoms with Crippen molar-refractivity contribution in [3.63, 3.8) is 0 Å². The second-order valence-electron chi connectivity index (χ2n) is 4.47. The van der Waals surface area contributed by atoms with Crippen molar-refractivity contribution in [2.24, 2.45) is 0 Å². The Balaban J connectivity index is 0.00000180. The van der Waals surface area contributed by atoms with Gasteiger partial charge >= 0.3 is 0 Å². The van der Waals surface area contributed by atoms with Gasteiger partial charge in [0.2, 0.25) is 5.91 Å². The number of carbonyl (C=O) groups is 1. The van der Waals surface area contributed by atoms with Crippen LogP contribution in [0.1, 0.15) is 24.8 Å². The molecule has 2 aromatic rings. The number of amides is 1. The Kier molecular flexibility index (Phi) is 5.72. The van der Waals surface area contributed by atoms with Gasteiger partial charge in [0, 0.05) is 11.6 Å². The number of halogens is 1. The average Bonchev–Trinajstić information content (AvgIpc) is 2.72. The molecule has 19 heavy (non-hydrogen) atoms. The minimum atomic E-state index is -0.0366. The molecule has 6 heteroatoms. The summed E-state index contributed by atoms with van der Waals surface area (Å²) in [6.45, 7) is 4.58. The predicted octanol–water partition coefficient (Wildman–Crippen LogP) is 3.00. The number of anilines is 1. The maximum absolute atomic E-state index is 11.5. The quantitative estimate of drug-likeness (QED) is 0.912. The Morgan fingerprint density at radius 3 is 2.79 bits per heavy atom. The van der Waals surface area contributed by atoms with E-state index in [4.69, 9.17) is 0 Å². The van der Waals surface area contributed by atoms with Gasteiger partial charge in [0.1, 0.15) is 0 Å². The van der Waals surface area contributed by atoms with Crippen molar-refractivity contribution < 1.29 is 4.79 Å². The summed E-state index contributed by atoms with van der Waals surface area (Å²) < 4.78 is 1.11. The summed E-state index contributed by atoms with van der Waals surface area (Å²) in [5.41, 5.74) is 1.82. The summed E-state index contributed by atoms with van der Waals surface area (Å²) in [5.74, 6) is 0.398. The van der Waals surface area contributed by atoms with Crippen LogP contribution in [0.4, 0.5) is 5.69 Å². The standard InChI is InChI=1S/C13H17N3OS.ClH/c1-8(2)13-16-10-5-4-9(6-11(10)18-13)15-12(17)7-14-3;/h4-6,8,14H,7H2,1-3H3,(H,15,17);1H. The molecule has 2 rings (SSSR count). The van der Waals surface area contributed by atoms with Crippen molar-refractivity contribution >= 4 is 45.6 Å². The SMILES string of the molecule is CNCC(=O)Nc1ccc2nc(C(C)C)sc2c1.Cl. The molecule has 1 aromatic heterocycles. The Labute approximate surface area is 123 Å². The first-order valence-electron chi connectivity index (χ1n) is 5.95. The molecule has 0 atom stereocenters. The van der Waals surface area contributed by atoms with Crippen molar-refractivity contribution in [1.29, 1.82) is 0 Å². The number of hydrogen-bond acceptors (Lipinski definition) is 4. The van der Waals surface area contributed by atoms with Gasteiger partial charge < -0.3 is 10.6 Å². The highest BCUT2D eigenvalue weighted by Crippen LogP contribution is 2.29. The van der Waals surface area contributed by atoms with Gasteiger partial charge in [-0.3, -0.25) is 4.79 Å². The molecule has 0 radical (unpaired) electrons. The van der Waals surface area contributed by atoms with E-state index in [1.54, 1.807) is 18.4 Å². The van der Waals surface area contributed by atoms with Crippen molar-refractivity contribution in [3.05, 3.63) is 23.2 Å². The van der Waals surface area contributed by atoms with Gasteiger partial charge in [-0.25, -0.2) is 4.98 Å². The first-order chi connectivity index (χ1) is 8.60. The Hall–Kier alpha value is -1.17. The fourth-order valence-corrected chi connectivity index (χ4v) is 2.64. The lowest BCUT2D eigenvalue weighted by Gasteiger charge is -2.03. The van der Waals surface area contributed by atoms with Crippen LogP contribution < -0.4 is 10.6 Å². The van der Waals surface area contributed by atoms with Crippen LogP contribution in [0.25, 0.3) is 10.2 Å². The molecule has 0 aliphatic rings. The van der Waals surface area contributed by atoms with Gasteiger partial charge in [-0.1, -0.05) is 13.8 Å². The molecule has 0 fully saturated rings. The molecule has 1 heterocycles. The Morgan fingerprint density at radius 1 is 1.42 bits per heavy atom. The van der Waals surface area contributed by atoms with Crippen LogP contribution in [0.5, 0.6) is 0 Å². The number of benzene rings is 1. The molecule has 0 saturated carbocycles. The van der Waals surface area contributed by atoms with Crippen molar-refractivity contribution in [1.82, 2.24) is 10.3 Å². The Bertz CT molecular complexity index is 568. The monoisotopic (exact) mass is 299 g/mol. The second-order valence-corrected chi connectivity index (χ2v) is 5.53. The molecular weight excluding hydrogens is 282 g/mol. The highest BCUT2D eigenvalue weighted by atomic mass is 35.5. The number of hydrogen-bond donors (Lipinski definition) is 2. The summed E-state index contributed by atoms with van der Waals surface area (Å²) in [4.78, 5) is 16.0. The summed E-state index contributed by atoms with van der Waals surface area (Å²) in [7, 11) is 1.75. The van der Waals surface area contributed by atoms with Gasteiger partial charge in [0.15, 0.2) is 0 Å². The van der Waals surface area contributed by atoms with Crippen molar-refractivity contribution in [3.8, 4) is 0 Å². The highest BCUT2D eigenvalue weighted by molar-refractivity contribution is 7.18. The van der Waals surface area contributed by atoms with Crippen molar-refractivity contribution in [2.75, 3.05) is 18.9 Å². The van der Waals surface area contributed by atoms with Crippen LogP contribution in [0.2, 0.25) is 0 Å². The van der Waals surface area contributed by atoms with E-state index in [9.17, 15) is 4.79 Å². The zero-order chi connectivity index (χ0) is 13.1. The summed E-state index contributed by atoms with van der Waals surface area (Å²) in [5, 5.41) is 6.80. The minimum absolute atomic E-state index is 0. The molecule has 0 aliphatic carbocycles. The molecule has 0 saturated heterocycles. The normalized spacial score (nSPS) is 10.5. The number of aromatic nitrogens is 1. The first kappa shape index (κ1) is 15.9. The minimum Gasteiger partial charge on any atom is -0.325 e. The maximum Gasteiger partial charge on any atom is 0.238 e.